The van der Waals surface area contributed by atoms with Crippen molar-refractivity contribution in [3.05, 3.63) is 75.5 Å². The average molecular weight is 730 g/mol. The lowest BCUT2D eigenvalue weighted by atomic mass is 10.0. The van der Waals surface area contributed by atoms with Crippen LogP contribution >= 0.6 is 23.2 Å². The Morgan fingerprint density at radius 2 is 1.75 bits per heavy atom. The van der Waals surface area contributed by atoms with Gasteiger partial charge in [0.2, 0.25) is 0 Å². The number of rotatable bonds is 16. The highest BCUT2D eigenvalue weighted by molar-refractivity contribution is 7.91. The Morgan fingerprint density at radius 3 is 2.42 bits per heavy atom. The van der Waals surface area contributed by atoms with Crippen molar-refractivity contribution in [1.82, 2.24) is 9.88 Å². The van der Waals surface area contributed by atoms with Crippen LogP contribution in [0, 0.1) is 5.92 Å². The van der Waals surface area contributed by atoms with Crippen molar-refractivity contribution in [3.63, 3.8) is 0 Å². The Balaban J connectivity index is 1.42. The second-order valence-electron chi connectivity index (χ2n) is 11.5. The first-order valence-corrected chi connectivity index (χ1v) is 17.9. The molecule has 0 bridgehead atoms. The molecule has 1 aliphatic carbocycles. The summed E-state index contributed by atoms with van der Waals surface area (Å²) in [6.45, 7) is 0.492. The smallest absolute Gasteiger partial charge is 0.387 e. The molecule has 0 amide bonds. The van der Waals surface area contributed by atoms with E-state index in [2.05, 4.69) is 14.6 Å². The zero-order valence-corrected chi connectivity index (χ0v) is 28.5. The lowest BCUT2D eigenvalue weighted by molar-refractivity contribution is -0.0515. The maximum Gasteiger partial charge on any atom is 0.387 e. The Bertz CT molecular complexity index is 1670. The molecule has 2 aliphatic rings. The highest BCUT2D eigenvalue weighted by Gasteiger charge is 2.28. The van der Waals surface area contributed by atoms with Crippen molar-refractivity contribution < 1.29 is 45.7 Å². The summed E-state index contributed by atoms with van der Waals surface area (Å²) in [5.41, 5.74) is 0.768. The summed E-state index contributed by atoms with van der Waals surface area (Å²) in [7, 11) is -2.50. The van der Waals surface area contributed by atoms with Gasteiger partial charge in [-0.2, -0.15) is 8.78 Å². The van der Waals surface area contributed by atoms with E-state index in [1.807, 2.05) is 0 Å². The number of hydrogen-bond donors (Lipinski definition) is 0. The molecule has 1 aliphatic heterocycles. The molecule has 2 heterocycles. The summed E-state index contributed by atoms with van der Waals surface area (Å²) in [5, 5.41) is 0.447. The van der Waals surface area contributed by atoms with Crippen LogP contribution in [-0.2, 0) is 25.7 Å². The summed E-state index contributed by atoms with van der Waals surface area (Å²) in [6, 6.07) is 8.30. The van der Waals surface area contributed by atoms with E-state index in [0.717, 1.165) is 25.9 Å². The number of morpholine rings is 1. The van der Waals surface area contributed by atoms with Crippen LogP contribution in [0.3, 0.4) is 0 Å². The molecule has 48 heavy (non-hydrogen) atoms. The van der Waals surface area contributed by atoms with Gasteiger partial charge in [0.1, 0.15) is 16.7 Å². The average Bonchev–Trinajstić information content (AvgIpc) is 3.90. The summed E-state index contributed by atoms with van der Waals surface area (Å²) >= 11 is 12.8. The standard InChI is InChI=1S/C33H36Cl2F2N2O8S/c1-43-28-8-6-23(16-31(28)48(41,42)14-2-9-39-10-12-44-13-11-39)32(40)46-29(17-24-25(34)18-38-19-26(24)35)22-5-7-27(47-33(36)37)30(15-22)45-20-21-3-4-21/h5-8,15-16,18-19,21,29,33H,2-4,9-14,17,20H2,1H3/t29-/m0/s1. The molecule has 3 aromatic rings. The molecule has 15 heteroatoms. The van der Waals surface area contributed by atoms with Crippen LogP contribution in [0.1, 0.15) is 46.9 Å². The van der Waals surface area contributed by atoms with Crippen LogP contribution in [0.25, 0.3) is 0 Å². The van der Waals surface area contributed by atoms with Crippen LogP contribution in [-0.4, -0.2) is 83.2 Å². The number of carbonyl (C=O) groups is 1. The second kappa shape index (κ2) is 16.4. The predicted octanol–water partition coefficient (Wildman–Crippen LogP) is 6.42. The minimum absolute atomic E-state index is 0.0219. The van der Waals surface area contributed by atoms with Crippen molar-refractivity contribution in [2.24, 2.45) is 5.92 Å². The molecule has 0 unspecified atom stereocenters. The number of aromatic nitrogens is 1. The van der Waals surface area contributed by atoms with E-state index in [-0.39, 0.29) is 49.9 Å². The van der Waals surface area contributed by atoms with E-state index >= 15 is 0 Å². The van der Waals surface area contributed by atoms with Gasteiger partial charge in [-0.05, 0) is 73.2 Å². The molecule has 1 saturated carbocycles. The molecular formula is C33H36Cl2F2N2O8S. The second-order valence-corrected chi connectivity index (χ2v) is 14.4. The van der Waals surface area contributed by atoms with Crippen molar-refractivity contribution in [2.45, 2.75) is 43.3 Å². The number of alkyl halides is 2. The molecule has 0 N–H and O–H groups in total. The number of carbonyl (C=O) groups excluding carboxylic acids is 1. The Kier molecular flexibility index (Phi) is 12.4. The lowest BCUT2D eigenvalue weighted by Crippen LogP contribution is -2.37. The zero-order chi connectivity index (χ0) is 34.3. The molecule has 0 radical (unpaired) electrons. The molecule has 1 saturated heterocycles. The van der Waals surface area contributed by atoms with Crippen LogP contribution in [0.4, 0.5) is 8.78 Å². The molecule has 1 atom stereocenters. The molecule has 10 nitrogen and oxygen atoms in total. The first-order chi connectivity index (χ1) is 23.0. The molecular weight excluding hydrogens is 693 g/mol. The van der Waals surface area contributed by atoms with Gasteiger partial charge in [-0.25, -0.2) is 13.2 Å². The highest BCUT2D eigenvalue weighted by Crippen LogP contribution is 2.38. The van der Waals surface area contributed by atoms with E-state index < -0.39 is 28.5 Å². The maximum atomic E-state index is 13.7. The summed E-state index contributed by atoms with van der Waals surface area (Å²) in [6.07, 6.45) is 4.03. The lowest BCUT2D eigenvalue weighted by Gasteiger charge is -2.26. The minimum atomic E-state index is -3.85. The predicted molar refractivity (Wildman–Crippen MR) is 174 cm³/mol. The number of halogens is 4. The maximum absolute atomic E-state index is 13.7. The van der Waals surface area contributed by atoms with Gasteiger partial charge in [0.05, 0.1) is 48.3 Å². The third kappa shape index (κ3) is 9.69. The number of hydrogen-bond acceptors (Lipinski definition) is 10. The highest BCUT2D eigenvalue weighted by atomic mass is 35.5. The number of nitrogens with zero attached hydrogens (tertiary/aromatic N) is 2. The Labute approximate surface area is 288 Å². The zero-order valence-electron chi connectivity index (χ0n) is 26.2. The van der Waals surface area contributed by atoms with Gasteiger partial charge in [0.15, 0.2) is 21.3 Å². The van der Waals surface area contributed by atoms with Crippen molar-refractivity contribution >= 4 is 39.0 Å². The SMILES string of the molecule is COc1ccc(C(=O)O[C@@H](Cc2c(Cl)cncc2Cl)c2ccc(OC(F)F)c(OCC3CC3)c2)cc1S(=O)(=O)CCCN1CCOCC1. The number of ether oxygens (including phenoxy) is 5. The molecule has 260 valence electrons. The van der Waals surface area contributed by atoms with Gasteiger partial charge in [-0.15, -0.1) is 0 Å². The Morgan fingerprint density at radius 1 is 1.04 bits per heavy atom. The fourth-order valence-electron chi connectivity index (χ4n) is 5.23. The van der Waals surface area contributed by atoms with E-state index in [0.29, 0.717) is 49.8 Å². The summed E-state index contributed by atoms with van der Waals surface area (Å²) in [5.74, 6) is -0.701. The monoisotopic (exact) mass is 728 g/mol. The fourth-order valence-corrected chi connectivity index (χ4v) is 7.24. The van der Waals surface area contributed by atoms with E-state index in [9.17, 15) is 22.0 Å². The van der Waals surface area contributed by atoms with Gasteiger partial charge < -0.3 is 23.7 Å². The number of methoxy groups -OCH3 is 1. The van der Waals surface area contributed by atoms with Crippen LogP contribution < -0.4 is 14.2 Å². The van der Waals surface area contributed by atoms with Crippen LogP contribution in [0.2, 0.25) is 10.0 Å². The third-order valence-electron chi connectivity index (χ3n) is 8.04. The molecule has 0 spiro atoms. The van der Waals surface area contributed by atoms with E-state index in [1.54, 1.807) is 0 Å². The van der Waals surface area contributed by atoms with Crippen molar-refractivity contribution in [2.75, 3.05) is 52.3 Å². The topological polar surface area (TPSA) is 113 Å². The quantitative estimate of drug-likeness (QED) is 0.153. The Hall–Kier alpha value is -3.23. The van der Waals surface area contributed by atoms with Gasteiger partial charge in [-0.3, -0.25) is 9.88 Å². The van der Waals surface area contributed by atoms with Gasteiger partial charge in [0.25, 0.3) is 0 Å². The fraction of sp³-hybridized carbons (Fsp3) is 0.455. The van der Waals surface area contributed by atoms with Crippen molar-refractivity contribution in [1.29, 1.82) is 0 Å². The third-order valence-corrected chi connectivity index (χ3v) is 10.5. The summed E-state index contributed by atoms with van der Waals surface area (Å²) < 4.78 is 80.5. The number of esters is 1. The molecule has 2 fully saturated rings. The minimum Gasteiger partial charge on any atom is -0.495 e. The van der Waals surface area contributed by atoms with E-state index in [4.69, 9.17) is 42.1 Å². The number of benzene rings is 2. The normalized spacial score (nSPS) is 16.0. The largest absolute Gasteiger partial charge is 0.495 e. The first kappa shape index (κ1) is 36.1. The number of pyridine rings is 1. The molecule has 2 aromatic carbocycles. The number of sulfone groups is 1. The van der Waals surface area contributed by atoms with E-state index in [1.165, 1.54) is 55.9 Å². The van der Waals surface area contributed by atoms with Gasteiger partial charge in [-0.1, -0.05) is 29.3 Å². The van der Waals surface area contributed by atoms with Gasteiger partial charge >= 0.3 is 12.6 Å². The first-order valence-electron chi connectivity index (χ1n) is 15.5. The summed E-state index contributed by atoms with van der Waals surface area (Å²) in [4.78, 5) is 19.7. The molecule has 5 rings (SSSR count). The van der Waals surface area contributed by atoms with Crippen LogP contribution in [0.15, 0.2) is 53.7 Å². The van der Waals surface area contributed by atoms with Crippen LogP contribution in [0.5, 0.6) is 17.2 Å². The van der Waals surface area contributed by atoms with Crippen molar-refractivity contribution in [3.8, 4) is 17.2 Å². The molecule has 1 aromatic heterocycles. The van der Waals surface area contributed by atoms with Gasteiger partial charge in [0, 0.05) is 31.9 Å².